The lowest BCUT2D eigenvalue weighted by molar-refractivity contribution is -0.274. The second kappa shape index (κ2) is 13.4. The van der Waals surface area contributed by atoms with Gasteiger partial charge in [-0.05, 0) is 59.2 Å². The highest BCUT2D eigenvalue weighted by Crippen LogP contribution is 2.27. The molecule has 216 valence electrons. The van der Waals surface area contributed by atoms with Crippen LogP contribution in [0.1, 0.15) is 22.3 Å². The van der Waals surface area contributed by atoms with E-state index in [1.165, 1.54) is 36.4 Å². The van der Waals surface area contributed by atoms with Crippen molar-refractivity contribution in [2.24, 2.45) is 0 Å². The van der Waals surface area contributed by atoms with Gasteiger partial charge in [-0.1, -0.05) is 60.7 Å². The number of rotatable bonds is 10. The first-order valence-corrected chi connectivity index (χ1v) is 12.7. The number of nitrogens with zero attached hydrogens (tertiary/aromatic N) is 1. The highest BCUT2D eigenvalue weighted by atomic mass is 19.4. The van der Waals surface area contributed by atoms with Gasteiger partial charge in [0.1, 0.15) is 11.5 Å². The van der Waals surface area contributed by atoms with E-state index >= 15 is 0 Å². The molecule has 0 saturated carbocycles. The molecule has 0 fully saturated rings. The van der Waals surface area contributed by atoms with Gasteiger partial charge >= 0.3 is 18.4 Å². The van der Waals surface area contributed by atoms with E-state index in [9.17, 15) is 27.6 Å². The van der Waals surface area contributed by atoms with Crippen molar-refractivity contribution in [3.63, 3.8) is 0 Å². The molecule has 11 heteroatoms. The second-order valence-corrected chi connectivity index (χ2v) is 8.99. The van der Waals surface area contributed by atoms with Crippen LogP contribution in [0.3, 0.4) is 0 Å². The van der Waals surface area contributed by atoms with Crippen molar-refractivity contribution in [1.29, 1.82) is 0 Å². The summed E-state index contributed by atoms with van der Waals surface area (Å²) in [7, 11) is 0. The summed E-state index contributed by atoms with van der Waals surface area (Å²) >= 11 is 0. The largest absolute Gasteiger partial charge is 0.573 e. The van der Waals surface area contributed by atoms with E-state index in [2.05, 4.69) is 10.1 Å². The maximum Gasteiger partial charge on any atom is 0.573 e. The molecule has 42 heavy (non-hydrogen) atoms. The molecule has 4 aromatic rings. The lowest BCUT2D eigenvalue weighted by Gasteiger charge is -2.23. The SMILES string of the molecule is O=C(O)CCNC(=O)c1cccc(N(Cc2cccc(OC(F)(F)F)c2)C(=O)Oc2ccc(-c3ccccc3)cc2)c1. The molecule has 2 N–H and O–H groups in total. The van der Waals surface area contributed by atoms with Crippen LogP contribution in [0.2, 0.25) is 0 Å². The van der Waals surface area contributed by atoms with Crippen LogP contribution >= 0.6 is 0 Å². The molecule has 0 saturated heterocycles. The Morgan fingerprint density at radius 3 is 2.17 bits per heavy atom. The van der Waals surface area contributed by atoms with Gasteiger partial charge < -0.3 is 19.9 Å². The first-order chi connectivity index (χ1) is 20.1. The lowest BCUT2D eigenvalue weighted by Crippen LogP contribution is -2.33. The van der Waals surface area contributed by atoms with Gasteiger partial charge in [-0.15, -0.1) is 13.2 Å². The Labute approximate surface area is 238 Å². The van der Waals surface area contributed by atoms with Gasteiger partial charge in [-0.25, -0.2) is 4.79 Å². The summed E-state index contributed by atoms with van der Waals surface area (Å²) in [6.07, 6.45) is -6.03. The number of alkyl halides is 3. The monoisotopic (exact) mass is 578 g/mol. The quantitative estimate of drug-likeness (QED) is 0.218. The number of hydrogen-bond donors (Lipinski definition) is 2. The van der Waals surface area contributed by atoms with Crippen molar-refractivity contribution in [1.82, 2.24) is 5.32 Å². The van der Waals surface area contributed by atoms with Crippen LogP contribution in [-0.4, -0.2) is 36.0 Å². The number of carbonyl (C=O) groups excluding carboxylic acids is 2. The van der Waals surface area contributed by atoms with Crippen molar-refractivity contribution in [2.45, 2.75) is 19.3 Å². The number of aliphatic carboxylic acids is 1. The van der Waals surface area contributed by atoms with Crippen LogP contribution < -0.4 is 19.7 Å². The van der Waals surface area contributed by atoms with Gasteiger partial charge in [0.05, 0.1) is 13.0 Å². The van der Waals surface area contributed by atoms with E-state index in [-0.39, 0.29) is 36.5 Å². The smallest absolute Gasteiger partial charge is 0.481 e. The molecule has 0 aliphatic rings. The highest BCUT2D eigenvalue weighted by Gasteiger charge is 2.31. The molecule has 0 aliphatic carbocycles. The maximum absolute atomic E-state index is 13.4. The number of carboxylic acid groups (broad SMARTS) is 1. The highest BCUT2D eigenvalue weighted by molar-refractivity contribution is 5.97. The first kappa shape index (κ1) is 29.7. The minimum atomic E-state index is -4.90. The van der Waals surface area contributed by atoms with Crippen LogP contribution in [0.5, 0.6) is 11.5 Å². The number of hydrogen-bond acceptors (Lipinski definition) is 5. The Hall–Kier alpha value is -5.32. The molecule has 0 heterocycles. The fourth-order valence-corrected chi connectivity index (χ4v) is 3.99. The van der Waals surface area contributed by atoms with Gasteiger partial charge in [0.25, 0.3) is 5.91 Å². The standard InChI is InChI=1S/C31H25F3N2O6/c32-31(33,34)42-27-11-4-6-21(18-27)20-36(25-10-5-9-24(19-25)29(39)35-17-16-28(37)38)30(40)41-26-14-12-23(13-15-26)22-7-2-1-3-8-22/h1-15,18-19H,16-17,20H2,(H,35,39)(H,37,38). The molecular weight excluding hydrogens is 553 g/mol. The summed E-state index contributed by atoms with van der Waals surface area (Å²) in [5, 5.41) is 11.3. The predicted octanol–water partition coefficient (Wildman–Crippen LogP) is 6.66. The summed E-state index contributed by atoms with van der Waals surface area (Å²) < 4.78 is 48.0. The minimum absolute atomic E-state index is 0.102. The van der Waals surface area contributed by atoms with E-state index in [0.717, 1.165) is 28.2 Å². The topological polar surface area (TPSA) is 105 Å². The number of halogens is 3. The second-order valence-electron chi connectivity index (χ2n) is 8.99. The van der Waals surface area contributed by atoms with E-state index in [0.29, 0.717) is 5.56 Å². The summed E-state index contributed by atoms with van der Waals surface area (Å²) in [6.45, 7) is -0.324. The zero-order valence-corrected chi connectivity index (χ0v) is 22.0. The third kappa shape index (κ3) is 8.59. The summed E-state index contributed by atoms with van der Waals surface area (Å²) in [5.41, 5.74) is 2.52. The van der Waals surface area contributed by atoms with Gasteiger partial charge in [-0.3, -0.25) is 14.5 Å². The van der Waals surface area contributed by atoms with Gasteiger partial charge in [-0.2, -0.15) is 0 Å². The average molecular weight is 579 g/mol. The fraction of sp³-hybridized carbons (Fsp3) is 0.129. The number of carbonyl (C=O) groups is 3. The Balaban J connectivity index is 1.59. The molecule has 0 atom stereocenters. The lowest BCUT2D eigenvalue weighted by atomic mass is 10.1. The van der Waals surface area contributed by atoms with E-state index in [1.807, 2.05) is 30.3 Å². The molecule has 4 aromatic carbocycles. The summed E-state index contributed by atoms with van der Waals surface area (Å²) in [4.78, 5) is 38.0. The normalized spacial score (nSPS) is 10.9. The number of anilines is 1. The zero-order valence-electron chi connectivity index (χ0n) is 22.0. The molecule has 8 nitrogen and oxygen atoms in total. The number of ether oxygens (including phenoxy) is 2. The van der Waals surface area contributed by atoms with Crippen molar-refractivity contribution in [3.05, 3.63) is 114 Å². The minimum Gasteiger partial charge on any atom is -0.481 e. The molecular formula is C31H25F3N2O6. The third-order valence-corrected chi connectivity index (χ3v) is 5.90. The van der Waals surface area contributed by atoms with Crippen molar-refractivity contribution >= 4 is 23.7 Å². The van der Waals surface area contributed by atoms with Crippen LogP contribution in [0.15, 0.2) is 103 Å². The molecule has 0 bridgehead atoms. The molecule has 0 spiro atoms. The Morgan fingerprint density at radius 2 is 1.48 bits per heavy atom. The molecule has 0 aliphatic heterocycles. The number of benzene rings is 4. The molecule has 0 unspecified atom stereocenters. The van der Waals surface area contributed by atoms with Crippen LogP contribution in [0.25, 0.3) is 11.1 Å². The molecule has 0 radical (unpaired) electrons. The van der Waals surface area contributed by atoms with E-state index in [4.69, 9.17) is 9.84 Å². The Kier molecular flexibility index (Phi) is 9.43. The first-order valence-electron chi connectivity index (χ1n) is 12.7. The van der Waals surface area contributed by atoms with Crippen molar-refractivity contribution < 1.29 is 42.1 Å². The Bertz CT molecular complexity index is 1540. The third-order valence-electron chi connectivity index (χ3n) is 5.90. The molecule has 4 rings (SSSR count). The number of carboxylic acids is 1. The van der Waals surface area contributed by atoms with Gasteiger partial charge in [0.15, 0.2) is 0 Å². The van der Waals surface area contributed by atoms with Gasteiger partial charge in [0, 0.05) is 17.8 Å². The number of amides is 2. The predicted molar refractivity (Wildman–Crippen MR) is 148 cm³/mol. The zero-order chi connectivity index (χ0) is 30.1. The summed E-state index contributed by atoms with van der Waals surface area (Å²) in [6, 6.07) is 27.4. The van der Waals surface area contributed by atoms with E-state index < -0.39 is 30.1 Å². The summed E-state index contributed by atoms with van der Waals surface area (Å²) in [5.74, 6) is -1.88. The van der Waals surface area contributed by atoms with Crippen LogP contribution in [-0.2, 0) is 11.3 Å². The average Bonchev–Trinajstić information content (AvgIpc) is 2.96. The van der Waals surface area contributed by atoms with Crippen molar-refractivity contribution in [2.75, 3.05) is 11.4 Å². The van der Waals surface area contributed by atoms with Crippen molar-refractivity contribution in [3.8, 4) is 22.6 Å². The Morgan fingerprint density at radius 1 is 0.786 bits per heavy atom. The van der Waals surface area contributed by atoms with E-state index in [1.54, 1.807) is 24.3 Å². The van der Waals surface area contributed by atoms with Gasteiger partial charge in [0.2, 0.25) is 0 Å². The van der Waals surface area contributed by atoms with Crippen LogP contribution in [0.4, 0.5) is 23.7 Å². The molecule has 2 amide bonds. The molecule has 0 aromatic heterocycles. The van der Waals surface area contributed by atoms with Crippen LogP contribution in [0, 0.1) is 0 Å². The maximum atomic E-state index is 13.4. The number of nitrogens with one attached hydrogen (secondary N) is 1. The fourth-order valence-electron chi connectivity index (χ4n) is 3.99.